The second-order valence-corrected chi connectivity index (χ2v) is 7.85. The van der Waals surface area contributed by atoms with Crippen molar-refractivity contribution in [2.24, 2.45) is 0 Å². The molecular formula is C18H21ClN2O4S. The van der Waals surface area contributed by atoms with Crippen molar-refractivity contribution >= 4 is 33.2 Å². The van der Waals surface area contributed by atoms with Crippen LogP contribution in [-0.4, -0.2) is 27.0 Å². The number of halogens is 1. The minimum atomic E-state index is -3.85. The topological polar surface area (TPSA) is 84.5 Å². The van der Waals surface area contributed by atoms with Crippen LogP contribution < -0.4 is 14.8 Å². The highest BCUT2D eigenvalue weighted by Gasteiger charge is 2.22. The van der Waals surface area contributed by atoms with Gasteiger partial charge in [-0.3, -0.25) is 4.79 Å². The Labute approximate surface area is 158 Å². The molecule has 0 saturated heterocycles. The van der Waals surface area contributed by atoms with Crippen molar-refractivity contribution in [3.63, 3.8) is 0 Å². The van der Waals surface area contributed by atoms with Gasteiger partial charge in [0.1, 0.15) is 5.75 Å². The number of anilines is 1. The molecule has 0 bridgehead atoms. The number of nitrogens with one attached hydrogen (secondary N) is 2. The lowest BCUT2D eigenvalue weighted by Gasteiger charge is -2.15. The molecule has 26 heavy (non-hydrogen) atoms. The van der Waals surface area contributed by atoms with Crippen molar-refractivity contribution in [1.29, 1.82) is 0 Å². The lowest BCUT2D eigenvalue weighted by atomic mass is 10.2. The Morgan fingerprint density at radius 3 is 2.42 bits per heavy atom. The van der Waals surface area contributed by atoms with E-state index in [-0.39, 0.29) is 4.90 Å². The van der Waals surface area contributed by atoms with E-state index in [2.05, 4.69) is 10.0 Å². The summed E-state index contributed by atoms with van der Waals surface area (Å²) in [5, 5.41) is 3.18. The zero-order chi connectivity index (χ0) is 19.3. The number of rotatable bonds is 7. The first-order valence-corrected chi connectivity index (χ1v) is 9.91. The third-order valence-corrected chi connectivity index (χ3v) is 5.38. The van der Waals surface area contributed by atoms with Crippen molar-refractivity contribution in [3.8, 4) is 5.75 Å². The smallest absolute Gasteiger partial charge is 0.242 e. The van der Waals surface area contributed by atoms with Gasteiger partial charge in [0.2, 0.25) is 15.9 Å². The number of hydrogen-bond acceptors (Lipinski definition) is 4. The maximum atomic E-state index is 12.5. The van der Waals surface area contributed by atoms with E-state index in [9.17, 15) is 13.2 Å². The summed E-state index contributed by atoms with van der Waals surface area (Å²) in [5.74, 6) is 0.151. The first-order chi connectivity index (χ1) is 12.2. The molecule has 0 aliphatic carbocycles. The molecule has 2 aromatic rings. The summed E-state index contributed by atoms with van der Waals surface area (Å²) in [6.07, 6.45) is 0. The molecule has 0 aliphatic heterocycles. The van der Waals surface area contributed by atoms with Crippen molar-refractivity contribution in [2.45, 2.75) is 31.7 Å². The van der Waals surface area contributed by atoms with Crippen LogP contribution in [0.4, 0.5) is 5.69 Å². The molecule has 0 radical (unpaired) electrons. The summed E-state index contributed by atoms with van der Waals surface area (Å²) >= 11 is 5.80. The molecule has 0 aromatic heterocycles. The average Bonchev–Trinajstić information content (AvgIpc) is 2.58. The van der Waals surface area contributed by atoms with Crippen LogP contribution in [0, 0.1) is 6.92 Å². The number of ether oxygens (including phenoxy) is 1. The number of sulfonamides is 1. The average molecular weight is 397 g/mol. The summed E-state index contributed by atoms with van der Waals surface area (Å²) in [7, 11) is -3.85. The van der Waals surface area contributed by atoms with Crippen LogP contribution >= 0.6 is 11.6 Å². The van der Waals surface area contributed by atoms with Gasteiger partial charge in [-0.25, -0.2) is 8.42 Å². The van der Waals surface area contributed by atoms with Crippen molar-refractivity contribution in [3.05, 3.63) is 53.1 Å². The molecule has 6 nitrogen and oxygen atoms in total. The van der Waals surface area contributed by atoms with Gasteiger partial charge in [0.15, 0.2) is 0 Å². The highest BCUT2D eigenvalue weighted by atomic mass is 35.5. The Kier molecular flexibility index (Phi) is 6.63. The van der Waals surface area contributed by atoms with Crippen LogP contribution in [0.15, 0.2) is 47.4 Å². The SMILES string of the molecule is CCOc1ccc(S(=O)(=O)N[C@H](C)C(=O)Nc2ccc(Cl)cc2)cc1C. The second-order valence-electron chi connectivity index (χ2n) is 5.70. The van der Waals surface area contributed by atoms with Crippen molar-refractivity contribution in [1.82, 2.24) is 4.72 Å². The molecule has 0 fully saturated rings. The van der Waals surface area contributed by atoms with Crippen LogP contribution in [0.25, 0.3) is 0 Å². The zero-order valence-corrected chi connectivity index (χ0v) is 16.3. The summed E-state index contributed by atoms with van der Waals surface area (Å²) in [4.78, 5) is 12.3. The van der Waals surface area contributed by atoms with Gasteiger partial charge in [0.05, 0.1) is 17.5 Å². The molecular weight excluding hydrogens is 376 g/mol. The summed E-state index contributed by atoms with van der Waals surface area (Å²) in [6, 6.07) is 10.1. The summed E-state index contributed by atoms with van der Waals surface area (Å²) < 4.78 is 32.8. The van der Waals surface area contributed by atoms with Gasteiger partial charge in [-0.15, -0.1) is 0 Å². The molecule has 1 atom stereocenters. The van der Waals surface area contributed by atoms with Gasteiger partial charge in [0, 0.05) is 10.7 Å². The van der Waals surface area contributed by atoms with Crippen LogP contribution in [-0.2, 0) is 14.8 Å². The standard InChI is InChI=1S/C18H21ClN2O4S/c1-4-25-17-10-9-16(11-12(17)2)26(23,24)21-13(3)18(22)20-15-7-5-14(19)6-8-15/h5-11,13,21H,4H2,1-3H3,(H,20,22)/t13-/m1/s1. The van der Waals surface area contributed by atoms with E-state index in [4.69, 9.17) is 16.3 Å². The Bertz CT molecular complexity index is 883. The zero-order valence-electron chi connectivity index (χ0n) is 14.7. The largest absolute Gasteiger partial charge is 0.494 e. The van der Waals surface area contributed by atoms with Gasteiger partial charge in [0.25, 0.3) is 0 Å². The molecule has 8 heteroatoms. The predicted octanol–water partition coefficient (Wildman–Crippen LogP) is 3.35. The number of aryl methyl sites for hydroxylation is 1. The molecule has 2 aromatic carbocycles. The summed E-state index contributed by atoms with van der Waals surface area (Å²) in [5.41, 5.74) is 1.23. The second kappa shape index (κ2) is 8.53. The molecule has 0 saturated carbocycles. The van der Waals surface area contributed by atoms with Gasteiger partial charge in [-0.2, -0.15) is 4.72 Å². The lowest BCUT2D eigenvalue weighted by molar-refractivity contribution is -0.117. The van der Waals surface area contributed by atoms with Gasteiger partial charge in [-0.05, 0) is 68.8 Å². The lowest BCUT2D eigenvalue weighted by Crippen LogP contribution is -2.41. The Balaban J connectivity index is 2.08. The summed E-state index contributed by atoms with van der Waals surface area (Å²) in [6.45, 7) is 5.59. The third-order valence-electron chi connectivity index (χ3n) is 3.59. The van der Waals surface area contributed by atoms with E-state index < -0.39 is 22.0 Å². The van der Waals surface area contributed by atoms with E-state index in [1.54, 1.807) is 37.3 Å². The number of carbonyl (C=O) groups excluding carboxylic acids is 1. The van der Waals surface area contributed by atoms with E-state index in [0.717, 1.165) is 0 Å². The Hall–Kier alpha value is -2.09. The van der Waals surface area contributed by atoms with Gasteiger partial charge < -0.3 is 10.1 Å². The Morgan fingerprint density at radius 1 is 1.19 bits per heavy atom. The molecule has 0 heterocycles. The first kappa shape index (κ1) is 20.2. The van der Waals surface area contributed by atoms with E-state index >= 15 is 0 Å². The molecule has 2 rings (SSSR count). The minimum Gasteiger partial charge on any atom is -0.494 e. The molecule has 2 N–H and O–H groups in total. The number of carbonyl (C=O) groups is 1. The highest BCUT2D eigenvalue weighted by molar-refractivity contribution is 7.89. The fraction of sp³-hybridized carbons (Fsp3) is 0.278. The molecule has 0 unspecified atom stereocenters. The number of amides is 1. The monoisotopic (exact) mass is 396 g/mol. The highest BCUT2D eigenvalue weighted by Crippen LogP contribution is 2.22. The molecule has 0 aliphatic rings. The quantitative estimate of drug-likeness (QED) is 0.751. The minimum absolute atomic E-state index is 0.0737. The fourth-order valence-electron chi connectivity index (χ4n) is 2.24. The molecule has 140 valence electrons. The number of hydrogen-bond donors (Lipinski definition) is 2. The normalized spacial score (nSPS) is 12.5. The third kappa shape index (κ3) is 5.20. The first-order valence-electron chi connectivity index (χ1n) is 8.05. The van der Waals surface area contributed by atoms with E-state index in [1.165, 1.54) is 19.1 Å². The van der Waals surface area contributed by atoms with Crippen LogP contribution in [0.3, 0.4) is 0 Å². The van der Waals surface area contributed by atoms with E-state index in [1.807, 2.05) is 6.92 Å². The van der Waals surface area contributed by atoms with Gasteiger partial charge in [-0.1, -0.05) is 11.6 Å². The van der Waals surface area contributed by atoms with E-state index in [0.29, 0.717) is 28.6 Å². The maximum absolute atomic E-state index is 12.5. The maximum Gasteiger partial charge on any atom is 0.242 e. The van der Waals surface area contributed by atoms with Crippen LogP contribution in [0.1, 0.15) is 19.4 Å². The molecule has 0 spiro atoms. The van der Waals surface area contributed by atoms with Crippen molar-refractivity contribution in [2.75, 3.05) is 11.9 Å². The predicted molar refractivity (Wildman–Crippen MR) is 102 cm³/mol. The van der Waals surface area contributed by atoms with Crippen LogP contribution in [0.2, 0.25) is 5.02 Å². The Morgan fingerprint density at radius 2 is 1.85 bits per heavy atom. The van der Waals surface area contributed by atoms with Crippen molar-refractivity contribution < 1.29 is 17.9 Å². The van der Waals surface area contributed by atoms with Crippen LogP contribution in [0.5, 0.6) is 5.75 Å². The fourth-order valence-corrected chi connectivity index (χ4v) is 3.66. The van der Waals surface area contributed by atoms with Gasteiger partial charge >= 0.3 is 0 Å². The molecule has 1 amide bonds. The number of benzene rings is 2.